The van der Waals surface area contributed by atoms with Crippen LogP contribution < -0.4 is 0 Å². The third-order valence-corrected chi connectivity index (χ3v) is 4.97. The summed E-state index contributed by atoms with van der Waals surface area (Å²) in [5, 5.41) is 0.617. The Balaban J connectivity index is 1.91. The van der Waals surface area contributed by atoms with Gasteiger partial charge in [0.15, 0.2) is 6.61 Å². The second kappa shape index (κ2) is 9.62. The molecule has 0 aliphatic carbocycles. The Labute approximate surface area is 166 Å². The van der Waals surface area contributed by atoms with Crippen molar-refractivity contribution in [1.82, 2.24) is 4.98 Å². The van der Waals surface area contributed by atoms with Crippen molar-refractivity contribution in [1.29, 1.82) is 0 Å². The van der Waals surface area contributed by atoms with E-state index in [4.69, 9.17) is 21.1 Å². The van der Waals surface area contributed by atoms with Gasteiger partial charge in [0.05, 0.1) is 23.6 Å². The lowest BCUT2D eigenvalue weighted by Gasteiger charge is -2.05. The summed E-state index contributed by atoms with van der Waals surface area (Å²) in [4.78, 5) is 39.9. The molecule has 1 aromatic heterocycles. The number of hydrogen-bond acceptors (Lipinski definition) is 6. The van der Waals surface area contributed by atoms with Crippen molar-refractivity contribution in [3.8, 4) is 0 Å². The molecule has 1 aromatic carbocycles. The number of ether oxygens (including phenoxy) is 2. The predicted octanol–water partition coefficient (Wildman–Crippen LogP) is 3.98. The Morgan fingerprint density at radius 2 is 1.78 bits per heavy atom. The van der Waals surface area contributed by atoms with Gasteiger partial charge in [0.25, 0.3) is 0 Å². The number of hydrogen-bond donors (Lipinski definition) is 1. The number of aromatic amines is 1. The summed E-state index contributed by atoms with van der Waals surface area (Å²) in [5.41, 5.74) is 1.61. The third-order valence-electron chi connectivity index (χ3n) is 3.73. The molecule has 1 N–H and O–H groups in total. The minimum Gasteiger partial charge on any atom is -0.462 e. The van der Waals surface area contributed by atoms with Crippen molar-refractivity contribution in [2.24, 2.45) is 0 Å². The van der Waals surface area contributed by atoms with E-state index in [2.05, 4.69) is 4.98 Å². The van der Waals surface area contributed by atoms with Gasteiger partial charge in [-0.1, -0.05) is 11.6 Å². The molecule has 0 aliphatic rings. The molecule has 2 rings (SSSR count). The third kappa shape index (κ3) is 5.61. The van der Waals surface area contributed by atoms with Crippen LogP contribution in [0.3, 0.4) is 0 Å². The van der Waals surface area contributed by atoms with E-state index in [1.165, 1.54) is 11.8 Å². The predicted molar refractivity (Wildman–Crippen MR) is 104 cm³/mol. The number of H-pyrrole nitrogens is 1. The second-order valence-corrected chi connectivity index (χ2v) is 7.16. The highest BCUT2D eigenvalue weighted by atomic mass is 35.5. The van der Waals surface area contributed by atoms with Crippen LogP contribution in [0.5, 0.6) is 0 Å². The highest BCUT2D eigenvalue weighted by Crippen LogP contribution is 2.21. The van der Waals surface area contributed by atoms with Gasteiger partial charge in [-0.3, -0.25) is 9.59 Å². The zero-order chi connectivity index (χ0) is 20.0. The standard InChI is InChI=1S/C19H20ClNO5S/c1-4-25-19(24)17-11(2)18(21-12(17)3)15(22)9-26-16(23)10-27-14-7-5-13(20)6-8-14/h5-8,21H,4,9-10H2,1-3H3. The number of benzene rings is 1. The van der Waals surface area contributed by atoms with Crippen molar-refractivity contribution >= 4 is 41.1 Å². The largest absolute Gasteiger partial charge is 0.462 e. The van der Waals surface area contributed by atoms with E-state index in [0.717, 1.165) is 4.90 Å². The number of aromatic nitrogens is 1. The van der Waals surface area contributed by atoms with Crippen molar-refractivity contribution in [2.45, 2.75) is 25.7 Å². The maximum absolute atomic E-state index is 12.3. The Morgan fingerprint density at radius 3 is 2.41 bits per heavy atom. The molecule has 144 valence electrons. The van der Waals surface area contributed by atoms with Crippen LogP contribution in [-0.4, -0.2) is 41.7 Å². The van der Waals surface area contributed by atoms with Crippen LogP contribution >= 0.6 is 23.4 Å². The van der Waals surface area contributed by atoms with Gasteiger partial charge in [-0.05, 0) is 50.6 Å². The fourth-order valence-corrected chi connectivity index (χ4v) is 3.29. The van der Waals surface area contributed by atoms with Crippen LogP contribution in [0.2, 0.25) is 5.02 Å². The van der Waals surface area contributed by atoms with Crippen LogP contribution in [-0.2, 0) is 14.3 Å². The van der Waals surface area contributed by atoms with Gasteiger partial charge in [-0.25, -0.2) is 4.79 Å². The van der Waals surface area contributed by atoms with Crippen molar-refractivity contribution in [2.75, 3.05) is 19.0 Å². The zero-order valence-electron chi connectivity index (χ0n) is 15.3. The first kappa shape index (κ1) is 21.1. The van der Waals surface area contributed by atoms with Crippen molar-refractivity contribution < 1.29 is 23.9 Å². The molecular weight excluding hydrogens is 390 g/mol. The fraction of sp³-hybridized carbons (Fsp3) is 0.316. The highest BCUT2D eigenvalue weighted by Gasteiger charge is 2.23. The lowest BCUT2D eigenvalue weighted by atomic mass is 10.1. The molecule has 0 radical (unpaired) electrons. The molecule has 1 heterocycles. The first-order valence-electron chi connectivity index (χ1n) is 8.27. The summed E-state index contributed by atoms with van der Waals surface area (Å²) in [6.07, 6.45) is 0. The number of ketones is 1. The summed E-state index contributed by atoms with van der Waals surface area (Å²) in [6.45, 7) is 4.90. The Kier molecular flexibility index (Phi) is 7.50. The molecule has 0 amide bonds. The molecule has 6 nitrogen and oxygen atoms in total. The molecule has 0 atom stereocenters. The van der Waals surface area contributed by atoms with Crippen molar-refractivity contribution in [3.63, 3.8) is 0 Å². The van der Waals surface area contributed by atoms with Gasteiger partial charge in [-0.2, -0.15) is 0 Å². The minimum atomic E-state index is -0.505. The highest BCUT2D eigenvalue weighted by molar-refractivity contribution is 8.00. The van der Waals surface area contributed by atoms with E-state index in [9.17, 15) is 14.4 Å². The van der Waals surface area contributed by atoms with Gasteiger partial charge in [0, 0.05) is 15.6 Å². The molecule has 0 fully saturated rings. The topological polar surface area (TPSA) is 85.5 Å². The average Bonchev–Trinajstić information content (AvgIpc) is 2.93. The molecule has 0 saturated heterocycles. The van der Waals surface area contributed by atoms with Gasteiger partial charge in [0.2, 0.25) is 5.78 Å². The lowest BCUT2D eigenvalue weighted by Crippen LogP contribution is -2.16. The number of thioether (sulfide) groups is 1. The molecule has 0 spiro atoms. The van der Waals surface area contributed by atoms with E-state index in [0.29, 0.717) is 21.8 Å². The van der Waals surface area contributed by atoms with E-state index in [-0.39, 0.29) is 18.1 Å². The summed E-state index contributed by atoms with van der Waals surface area (Å²) in [5.74, 6) is -1.32. The SMILES string of the molecule is CCOC(=O)c1c(C)[nH]c(C(=O)COC(=O)CSc2ccc(Cl)cc2)c1C. The monoisotopic (exact) mass is 409 g/mol. The second-order valence-electron chi connectivity index (χ2n) is 5.67. The van der Waals surface area contributed by atoms with Crippen LogP contribution in [0.15, 0.2) is 29.2 Å². The number of carbonyl (C=O) groups excluding carboxylic acids is 3. The number of aryl methyl sites for hydroxylation is 1. The van der Waals surface area contributed by atoms with Gasteiger partial charge in [0.1, 0.15) is 0 Å². The van der Waals surface area contributed by atoms with E-state index in [1.807, 2.05) is 0 Å². The number of rotatable bonds is 8. The summed E-state index contributed by atoms with van der Waals surface area (Å²) in [6, 6.07) is 7.06. The Hall–Kier alpha value is -2.25. The van der Waals surface area contributed by atoms with E-state index < -0.39 is 24.3 Å². The normalized spacial score (nSPS) is 10.5. The molecule has 0 aliphatic heterocycles. The molecule has 2 aromatic rings. The molecule has 0 saturated carbocycles. The Morgan fingerprint density at radius 1 is 1.11 bits per heavy atom. The van der Waals surface area contributed by atoms with Gasteiger partial charge < -0.3 is 14.5 Å². The van der Waals surface area contributed by atoms with Crippen LogP contribution in [0, 0.1) is 13.8 Å². The van der Waals surface area contributed by atoms with E-state index >= 15 is 0 Å². The van der Waals surface area contributed by atoms with Crippen LogP contribution in [0.4, 0.5) is 0 Å². The first-order chi connectivity index (χ1) is 12.8. The zero-order valence-corrected chi connectivity index (χ0v) is 16.8. The summed E-state index contributed by atoms with van der Waals surface area (Å²) < 4.78 is 10.0. The smallest absolute Gasteiger partial charge is 0.340 e. The molecule has 8 heteroatoms. The summed E-state index contributed by atoms with van der Waals surface area (Å²) >= 11 is 7.10. The quantitative estimate of drug-likeness (QED) is 0.403. The summed E-state index contributed by atoms with van der Waals surface area (Å²) in [7, 11) is 0. The van der Waals surface area contributed by atoms with Crippen LogP contribution in [0.25, 0.3) is 0 Å². The Bertz CT molecular complexity index is 845. The molecular formula is C19H20ClNO5S. The molecule has 27 heavy (non-hydrogen) atoms. The van der Waals surface area contributed by atoms with Gasteiger partial charge in [-0.15, -0.1) is 11.8 Å². The molecule has 0 bridgehead atoms. The lowest BCUT2D eigenvalue weighted by molar-refractivity contribution is -0.139. The van der Waals surface area contributed by atoms with Crippen molar-refractivity contribution in [3.05, 3.63) is 51.8 Å². The number of carbonyl (C=O) groups is 3. The fourth-order valence-electron chi connectivity index (χ4n) is 2.47. The number of nitrogens with one attached hydrogen (secondary N) is 1. The van der Waals surface area contributed by atoms with Gasteiger partial charge >= 0.3 is 11.9 Å². The average molecular weight is 410 g/mol. The van der Waals surface area contributed by atoms with E-state index in [1.54, 1.807) is 45.0 Å². The number of halogens is 1. The maximum atomic E-state index is 12.3. The first-order valence-corrected chi connectivity index (χ1v) is 9.63. The molecule has 0 unspecified atom stereocenters. The number of Topliss-reactive ketones (excluding diaryl/α,β-unsaturated/α-hetero) is 1. The maximum Gasteiger partial charge on any atom is 0.340 e. The number of esters is 2. The minimum absolute atomic E-state index is 0.0751. The van der Waals surface area contributed by atoms with Crippen LogP contribution in [0.1, 0.15) is 39.0 Å².